The molecule has 3 heterocycles. The number of likely N-dealkylation sites (N-methyl/N-ethyl adjacent to an activating group) is 1. The molecule has 1 aromatic rings. The molecule has 1 aromatic heterocycles. The number of thioether (sulfide) groups is 2. The largest absolute Gasteiger partial charge is 0.300 e. The monoisotopic (exact) mass is 413 g/mol. The van der Waals surface area contributed by atoms with Crippen molar-refractivity contribution in [2.24, 2.45) is 7.05 Å². The fourth-order valence-corrected chi connectivity index (χ4v) is 5.55. The molecule has 0 saturated carbocycles. The van der Waals surface area contributed by atoms with Crippen molar-refractivity contribution in [3.05, 3.63) is 22.2 Å². The second kappa shape index (κ2) is 10.6. The van der Waals surface area contributed by atoms with E-state index in [1.807, 2.05) is 18.8 Å². The van der Waals surface area contributed by atoms with Crippen LogP contribution >= 0.6 is 35.5 Å². The van der Waals surface area contributed by atoms with Crippen molar-refractivity contribution < 1.29 is 0 Å². The number of hydrogen-bond donors (Lipinski definition) is 1. The van der Waals surface area contributed by atoms with E-state index in [1.165, 1.54) is 42.2 Å². The van der Waals surface area contributed by atoms with Crippen LogP contribution in [0.5, 0.6) is 0 Å². The summed E-state index contributed by atoms with van der Waals surface area (Å²) in [7, 11) is 4.07. The Morgan fingerprint density at radius 1 is 1.15 bits per heavy atom. The van der Waals surface area contributed by atoms with Crippen molar-refractivity contribution in [2.45, 2.75) is 37.3 Å². The number of aryl methyl sites for hydroxylation is 1. The van der Waals surface area contributed by atoms with Gasteiger partial charge in [0.15, 0.2) is 0 Å². The molecular formula is C16H27N7S3. The molecule has 0 aromatic carbocycles. The van der Waals surface area contributed by atoms with Gasteiger partial charge in [0.1, 0.15) is 0 Å². The van der Waals surface area contributed by atoms with E-state index in [9.17, 15) is 0 Å². The number of nitrogens with zero attached hydrogens (tertiary/aromatic N) is 6. The Morgan fingerprint density at radius 2 is 1.96 bits per heavy atom. The minimum absolute atomic E-state index is 0.904. The molecule has 0 saturated heterocycles. The number of unbranched alkanes of at least 4 members (excludes halogenated alkanes) is 3. The van der Waals surface area contributed by atoms with Gasteiger partial charge in [-0.3, -0.25) is 5.01 Å². The molecule has 2 aliphatic rings. The fourth-order valence-electron chi connectivity index (χ4n) is 2.80. The van der Waals surface area contributed by atoms with Gasteiger partial charge in [-0.05, 0) is 54.4 Å². The van der Waals surface area contributed by atoms with Crippen molar-refractivity contribution in [1.82, 2.24) is 34.9 Å². The van der Waals surface area contributed by atoms with Crippen LogP contribution in [-0.4, -0.2) is 61.8 Å². The van der Waals surface area contributed by atoms with Crippen molar-refractivity contribution >= 4 is 35.5 Å². The Hall–Kier alpha value is -0.680. The van der Waals surface area contributed by atoms with Gasteiger partial charge in [0.2, 0.25) is 5.16 Å². The van der Waals surface area contributed by atoms with Crippen LogP contribution in [0.15, 0.2) is 27.4 Å². The van der Waals surface area contributed by atoms with Crippen LogP contribution in [0, 0.1) is 0 Å². The highest BCUT2D eigenvalue weighted by molar-refractivity contribution is 8.06. The van der Waals surface area contributed by atoms with Crippen LogP contribution in [0.1, 0.15) is 32.1 Å². The molecule has 0 atom stereocenters. The molecule has 0 aliphatic carbocycles. The van der Waals surface area contributed by atoms with E-state index in [4.69, 9.17) is 0 Å². The van der Waals surface area contributed by atoms with E-state index in [0.29, 0.717) is 0 Å². The summed E-state index contributed by atoms with van der Waals surface area (Å²) in [5.74, 6) is 2.26. The third kappa shape index (κ3) is 5.91. The number of tetrazole rings is 1. The second-order valence-electron chi connectivity index (χ2n) is 6.42. The summed E-state index contributed by atoms with van der Waals surface area (Å²) in [5.41, 5.74) is 1.37. The molecule has 0 fully saturated rings. The first kappa shape index (κ1) is 20.1. The molecule has 10 heteroatoms. The maximum absolute atomic E-state index is 3.99. The first-order valence-electron chi connectivity index (χ1n) is 9.01. The maximum Gasteiger partial charge on any atom is 0.209 e. The van der Waals surface area contributed by atoms with Gasteiger partial charge < -0.3 is 4.90 Å². The summed E-state index contributed by atoms with van der Waals surface area (Å²) in [4.78, 5) is 5.78. The van der Waals surface area contributed by atoms with E-state index in [0.717, 1.165) is 30.4 Å². The predicted octanol–water partition coefficient (Wildman–Crippen LogP) is 3.08. The van der Waals surface area contributed by atoms with Crippen molar-refractivity contribution in [3.63, 3.8) is 0 Å². The molecule has 0 radical (unpaired) electrons. The van der Waals surface area contributed by atoms with E-state index in [1.54, 1.807) is 28.4 Å². The summed E-state index contributed by atoms with van der Waals surface area (Å²) in [6, 6.07) is 0. The molecule has 0 bridgehead atoms. The first-order chi connectivity index (χ1) is 12.7. The SMILES string of the molecule is CN1CCC=C(N2NSC=C2SCCCCCCSc2nnnn2C)C1. The molecule has 0 unspecified atom stereocenters. The molecule has 2 aliphatic heterocycles. The van der Waals surface area contributed by atoms with Crippen molar-refractivity contribution in [1.29, 1.82) is 0 Å². The van der Waals surface area contributed by atoms with E-state index >= 15 is 0 Å². The highest BCUT2D eigenvalue weighted by Crippen LogP contribution is 2.32. The van der Waals surface area contributed by atoms with Crippen molar-refractivity contribution in [2.75, 3.05) is 31.6 Å². The maximum atomic E-state index is 3.99. The zero-order valence-electron chi connectivity index (χ0n) is 15.4. The number of aromatic nitrogens is 4. The second-order valence-corrected chi connectivity index (χ2v) is 9.25. The Kier molecular flexibility index (Phi) is 8.18. The quantitative estimate of drug-likeness (QED) is 0.354. The molecule has 3 rings (SSSR count). The van der Waals surface area contributed by atoms with Gasteiger partial charge in [0, 0.05) is 37.0 Å². The summed E-state index contributed by atoms with van der Waals surface area (Å²) < 4.78 is 1.73. The highest BCUT2D eigenvalue weighted by atomic mass is 32.2. The standard InChI is InChI=1S/C16H27N7S3/c1-21-9-7-8-14(12-21)23-15(13-26-20-23)24-10-5-3-4-6-11-25-16-17-18-19-22(16)2/h8,13,20H,3-7,9-12H2,1-2H3. The van der Waals surface area contributed by atoms with Gasteiger partial charge in [-0.15, -0.1) is 16.9 Å². The molecule has 144 valence electrons. The topological polar surface area (TPSA) is 62.1 Å². The third-order valence-corrected chi connectivity index (χ3v) is 7.20. The van der Waals surface area contributed by atoms with Crippen LogP contribution in [0.3, 0.4) is 0 Å². The van der Waals surface area contributed by atoms with E-state index in [-0.39, 0.29) is 0 Å². The molecule has 7 nitrogen and oxygen atoms in total. The van der Waals surface area contributed by atoms with E-state index in [2.05, 4.69) is 48.8 Å². The molecule has 1 N–H and O–H groups in total. The molecule has 26 heavy (non-hydrogen) atoms. The number of hydrazine groups is 1. The van der Waals surface area contributed by atoms with Crippen LogP contribution in [0.4, 0.5) is 0 Å². The van der Waals surface area contributed by atoms with Crippen molar-refractivity contribution in [3.8, 4) is 0 Å². The van der Waals surface area contributed by atoms with Gasteiger partial charge in [0.05, 0.1) is 5.03 Å². The zero-order chi connectivity index (χ0) is 18.2. The summed E-state index contributed by atoms with van der Waals surface area (Å²) in [6.07, 6.45) is 8.52. The Bertz CT molecular complexity index is 631. The van der Waals surface area contributed by atoms with Gasteiger partial charge >= 0.3 is 0 Å². The Morgan fingerprint density at radius 3 is 2.69 bits per heavy atom. The lowest BCUT2D eigenvalue weighted by Crippen LogP contribution is -2.36. The Labute approximate surface area is 168 Å². The average molecular weight is 414 g/mol. The van der Waals surface area contributed by atoms with Gasteiger partial charge in [-0.25, -0.2) is 4.68 Å². The normalized spacial score (nSPS) is 18.3. The smallest absolute Gasteiger partial charge is 0.209 e. The Balaban J connectivity index is 1.26. The van der Waals surface area contributed by atoms with Gasteiger partial charge in [-0.2, -0.15) is 4.83 Å². The molecule has 0 spiro atoms. The first-order valence-corrected chi connectivity index (χ1v) is 11.9. The predicted molar refractivity (Wildman–Crippen MR) is 111 cm³/mol. The van der Waals surface area contributed by atoms with Gasteiger partial charge in [0.25, 0.3) is 0 Å². The summed E-state index contributed by atoms with van der Waals surface area (Å²) in [6.45, 7) is 2.17. The lowest BCUT2D eigenvalue weighted by Gasteiger charge is -2.30. The molecular weight excluding hydrogens is 386 g/mol. The third-order valence-electron chi connectivity index (χ3n) is 4.24. The number of rotatable bonds is 10. The summed E-state index contributed by atoms with van der Waals surface area (Å²) >= 11 is 5.37. The van der Waals surface area contributed by atoms with Gasteiger partial charge in [-0.1, -0.05) is 30.7 Å². The minimum Gasteiger partial charge on any atom is -0.300 e. The number of nitrogens with one attached hydrogen (secondary N) is 1. The molecule has 0 amide bonds. The van der Waals surface area contributed by atoms with Crippen LogP contribution in [0.2, 0.25) is 0 Å². The summed E-state index contributed by atoms with van der Waals surface area (Å²) in [5, 5.41) is 18.2. The van der Waals surface area contributed by atoms with Crippen LogP contribution < -0.4 is 4.83 Å². The average Bonchev–Trinajstić information content (AvgIpc) is 3.26. The minimum atomic E-state index is 0.904. The zero-order valence-corrected chi connectivity index (χ0v) is 17.9. The highest BCUT2D eigenvalue weighted by Gasteiger charge is 2.22. The fraction of sp³-hybridized carbons (Fsp3) is 0.688. The van der Waals surface area contributed by atoms with E-state index < -0.39 is 0 Å². The lowest BCUT2D eigenvalue weighted by molar-refractivity contribution is 0.298. The number of hydrogen-bond acceptors (Lipinski definition) is 9. The lowest BCUT2D eigenvalue weighted by atomic mass is 10.2. The van der Waals surface area contributed by atoms with Crippen LogP contribution in [0.25, 0.3) is 0 Å². The van der Waals surface area contributed by atoms with Crippen LogP contribution in [-0.2, 0) is 7.05 Å².